The van der Waals surface area contributed by atoms with Crippen LogP contribution in [0.2, 0.25) is 0 Å². The van der Waals surface area contributed by atoms with Crippen LogP contribution in [-0.2, 0) is 28.0 Å². The summed E-state index contributed by atoms with van der Waals surface area (Å²) in [7, 11) is -2.28. The topological polar surface area (TPSA) is 75.5 Å². The van der Waals surface area contributed by atoms with Gasteiger partial charge in [0.05, 0.1) is 16.2 Å². The molecule has 1 fully saturated rings. The first-order valence-corrected chi connectivity index (χ1v) is 11.0. The lowest BCUT2D eigenvalue weighted by Crippen LogP contribution is -2.50. The molecule has 0 saturated carbocycles. The summed E-state index contributed by atoms with van der Waals surface area (Å²) < 4.78 is 67.1. The van der Waals surface area contributed by atoms with E-state index < -0.39 is 26.7 Å². The van der Waals surface area contributed by atoms with Crippen molar-refractivity contribution in [3.8, 4) is 0 Å². The van der Waals surface area contributed by atoms with E-state index in [-0.39, 0.29) is 32.1 Å². The third kappa shape index (κ3) is 4.82. The Morgan fingerprint density at radius 1 is 1.13 bits per heavy atom. The molecule has 1 saturated heterocycles. The lowest BCUT2D eigenvalue weighted by atomic mass is 10.2. The number of amides is 1. The third-order valence-corrected chi connectivity index (χ3v) is 7.20. The second kappa shape index (κ2) is 8.46. The van der Waals surface area contributed by atoms with Crippen LogP contribution in [0.4, 0.5) is 13.2 Å². The first-order chi connectivity index (χ1) is 14.4. The van der Waals surface area contributed by atoms with Crippen molar-refractivity contribution in [3.05, 3.63) is 52.9 Å². The van der Waals surface area contributed by atoms with E-state index in [1.807, 2.05) is 20.9 Å². The van der Waals surface area contributed by atoms with E-state index >= 15 is 0 Å². The van der Waals surface area contributed by atoms with Gasteiger partial charge in [0.2, 0.25) is 15.9 Å². The molecule has 0 atom stereocenters. The van der Waals surface area contributed by atoms with E-state index in [1.54, 1.807) is 10.8 Å². The van der Waals surface area contributed by atoms with Crippen LogP contribution in [0.15, 0.2) is 35.2 Å². The van der Waals surface area contributed by atoms with Gasteiger partial charge in [0.1, 0.15) is 0 Å². The van der Waals surface area contributed by atoms with Crippen LogP contribution in [0.5, 0.6) is 0 Å². The molecule has 0 bridgehead atoms. The molecule has 1 aromatic heterocycles. The Balaban J connectivity index is 1.67. The summed E-state index contributed by atoms with van der Waals surface area (Å²) >= 11 is 0. The zero-order valence-corrected chi connectivity index (χ0v) is 18.2. The second-order valence-electron chi connectivity index (χ2n) is 7.30. The summed E-state index contributed by atoms with van der Waals surface area (Å²) in [6.45, 7) is 4.03. The quantitative estimate of drug-likeness (QED) is 0.663. The van der Waals surface area contributed by atoms with Crippen molar-refractivity contribution < 1.29 is 26.4 Å². The highest BCUT2D eigenvalue weighted by Gasteiger charge is 2.34. The van der Waals surface area contributed by atoms with Gasteiger partial charge in [-0.2, -0.15) is 22.6 Å². The molecule has 0 N–H and O–H groups in total. The summed E-state index contributed by atoms with van der Waals surface area (Å²) in [5.74, 6) is -0.265. The maximum atomic E-state index is 12.9. The Morgan fingerprint density at radius 3 is 2.32 bits per heavy atom. The monoisotopic (exact) mass is 456 g/mol. The Labute approximate surface area is 178 Å². The molecule has 31 heavy (non-hydrogen) atoms. The minimum atomic E-state index is -4.63. The van der Waals surface area contributed by atoms with Gasteiger partial charge in [0.25, 0.3) is 0 Å². The highest BCUT2D eigenvalue weighted by Crippen LogP contribution is 2.31. The Bertz CT molecular complexity index is 1120. The normalized spacial score (nSPS) is 16.3. The Morgan fingerprint density at radius 2 is 1.77 bits per heavy atom. The zero-order valence-electron chi connectivity index (χ0n) is 17.3. The van der Waals surface area contributed by atoms with Crippen molar-refractivity contribution in [3.63, 3.8) is 0 Å². The van der Waals surface area contributed by atoms with Gasteiger partial charge in [-0.05, 0) is 38.1 Å². The van der Waals surface area contributed by atoms with Crippen molar-refractivity contribution in [2.75, 3.05) is 26.2 Å². The van der Waals surface area contributed by atoms with Gasteiger partial charge in [-0.1, -0.05) is 6.07 Å². The van der Waals surface area contributed by atoms with Crippen LogP contribution in [-0.4, -0.2) is 59.5 Å². The molecular formula is C20H23F3N4O3S. The number of sulfonamides is 1. The maximum absolute atomic E-state index is 12.9. The van der Waals surface area contributed by atoms with Gasteiger partial charge in [-0.15, -0.1) is 0 Å². The number of piperazine rings is 1. The number of hydrogen-bond acceptors (Lipinski definition) is 4. The summed E-state index contributed by atoms with van der Waals surface area (Å²) in [6, 6.07) is 3.67. The Hall–Kier alpha value is -2.66. The third-order valence-electron chi connectivity index (χ3n) is 5.31. The zero-order chi connectivity index (χ0) is 23.0. The predicted molar refractivity (Wildman–Crippen MR) is 108 cm³/mol. The van der Waals surface area contributed by atoms with Crippen LogP contribution in [0, 0.1) is 13.8 Å². The van der Waals surface area contributed by atoms with Gasteiger partial charge >= 0.3 is 6.18 Å². The van der Waals surface area contributed by atoms with Crippen LogP contribution in [0.1, 0.15) is 22.5 Å². The predicted octanol–water partition coefficient (Wildman–Crippen LogP) is 2.60. The summed E-state index contributed by atoms with van der Waals surface area (Å²) in [6.07, 6.45) is -1.52. The van der Waals surface area contributed by atoms with E-state index in [2.05, 4.69) is 5.10 Å². The minimum Gasteiger partial charge on any atom is -0.337 e. The lowest BCUT2D eigenvalue weighted by Gasteiger charge is -2.33. The molecule has 3 rings (SSSR count). The molecule has 1 aliphatic rings. The molecule has 0 aliphatic carbocycles. The highest BCUT2D eigenvalue weighted by molar-refractivity contribution is 7.89. The molecule has 0 radical (unpaired) electrons. The molecular weight excluding hydrogens is 433 g/mol. The summed E-state index contributed by atoms with van der Waals surface area (Å²) in [4.78, 5) is 13.6. The minimum absolute atomic E-state index is 0.00308. The number of benzene rings is 1. The van der Waals surface area contributed by atoms with Crippen LogP contribution in [0.3, 0.4) is 0 Å². The largest absolute Gasteiger partial charge is 0.416 e. The SMILES string of the molecule is Cc1nn(C)c(C)c1/C=C/C(=O)N1CCN(S(=O)(=O)c2cccc(C(F)(F)F)c2)CC1. The van der Waals surface area contributed by atoms with Crippen molar-refractivity contribution in [1.82, 2.24) is 19.0 Å². The molecule has 0 spiro atoms. The van der Waals surface area contributed by atoms with E-state index in [0.717, 1.165) is 39.5 Å². The fourth-order valence-electron chi connectivity index (χ4n) is 3.42. The number of carbonyl (C=O) groups is 1. The fraction of sp³-hybridized carbons (Fsp3) is 0.400. The molecule has 11 heteroatoms. The number of hydrogen-bond donors (Lipinski definition) is 0. The van der Waals surface area contributed by atoms with Crippen LogP contribution in [0.25, 0.3) is 6.08 Å². The molecule has 0 unspecified atom stereocenters. The average Bonchev–Trinajstić information content (AvgIpc) is 2.97. The van der Waals surface area contributed by atoms with Gasteiger partial charge in [-0.3, -0.25) is 9.48 Å². The van der Waals surface area contributed by atoms with E-state index in [9.17, 15) is 26.4 Å². The first kappa shape index (κ1) is 23.0. The average molecular weight is 456 g/mol. The number of nitrogens with zero attached hydrogens (tertiary/aromatic N) is 4. The van der Waals surface area contributed by atoms with Crippen molar-refractivity contribution in [1.29, 1.82) is 0 Å². The molecule has 1 aliphatic heterocycles. The Kier molecular flexibility index (Phi) is 6.28. The summed E-state index contributed by atoms with van der Waals surface area (Å²) in [5.41, 5.74) is 1.54. The molecule has 1 aromatic carbocycles. The number of aryl methyl sites for hydroxylation is 2. The van der Waals surface area contributed by atoms with E-state index in [1.165, 1.54) is 11.0 Å². The van der Waals surface area contributed by atoms with Crippen molar-refractivity contribution >= 4 is 22.0 Å². The summed E-state index contributed by atoms with van der Waals surface area (Å²) in [5, 5.41) is 4.28. The first-order valence-electron chi connectivity index (χ1n) is 9.56. The standard InChI is InChI=1S/C20H23F3N4O3S/c1-14-18(15(2)25(3)24-14)7-8-19(28)26-9-11-27(12-10-26)31(29,30)17-6-4-5-16(13-17)20(21,22)23/h4-8,13H,9-12H2,1-3H3/b8-7+. The number of alkyl halides is 3. The number of rotatable bonds is 4. The van der Waals surface area contributed by atoms with Gasteiger partial charge in [-0.25, -0.2) is 8.42 Å². The van der Waals surface area contributed by atoms with Crippen molar-refractivity contribution in [2.24, 2.45) is 7.05 Å². The number of aromatic nitrogens is 2. The van der Waals surface area contributed by atoms with Crippen LogP contribution < -0.4 is 0 Å². The van der Waals surface area contributed by atoms with Crippen LogP contribution >= 0.6 is 0 Å². The van der Waals surface area contributed by atoms with E-state index in [0.29, 0.717) is 6.07 Å². The van der Waals surface area contributed by atoms with Gasteiger partial charge < -0.3 is 4.90 Å². The number of halogens is 3. The molecule has 168 valence electrons. The maximum Gasteiger partial charge on any atom is 0.416 e. The molecule has 2 heterocycles. The number of carbonyl (C=O) groups excluding carboxylic acids is 1. The fourth-order valence-corrected chi connectivity index (χ4v) is 4.89. The lowest BCUT2D eigenvalue weighted by molar-refractivity contribution is -0.137. The second-order valence-corrected chi connectivity index (χ2v) is 9.23. The van der Waals surface area contributed by atoms with E-state index in [4.69, 9.17) is 0 Å². The van der Waals surface area contributed by atoms with Crippen molar-refractivity contribution in [2.45, 2.75) is 24.9 Å². The van der Waals surface area contributed by atoms with Gasteiger partial charge in [0, 0.05) is 50.6 Å². The molecule has 7 nitrogen and oxygen atoms in total. The molecule has 1 amide bonds. The molecule has 2 aromatic rings. The smallest absolute Gasteiger partial charge is 0.337 e. The highest BCUT2D eigenvalue weighted by atomic mass is 32.2. The van der Waals surface area contributed by atoms with Gasteiger partial charge in [0.15, 0.2) is 0 Å².